The smallest absolute Gasteiger partial charge is 0.319 e. The molecule has 1 fully saturated rings. The molecule has 1 aromatic carbocycles. The summed E-state index contributed by atoms with van der Waals surface area (Å²) in [4.78, 5) is 32.0. The number of aromatic nitrogens is 2. The summed E-state index contributed by atoms with van der Waals surface area (Å²) in [5.74, 6) is -0.743. The molecule has 0 saturated carbocycles. The van der Waals surface area contributed by atoms with Crippen molar-refractivity contribution in [2.75, 3.05) is 18.5 Å². The average molecular weight is 417 g/mol. The summed E-state index contributed by atoms with van der Waals surface area (Å²) in [7, 11) is 0. The standard InChI is InChI=1S/C20H24FN5O4/c21-13-1-3-14(4-2-13)25-20(29)24-8-7-15-5-6-16(18(12-27)30-15)26-19(28)17-11-22-9-10-23-17/h1-4,9-11,15-16,18,27H,5-8,12H2,(H,26,28)(H2,24,25,29)/t15-,16-,18-/m0/s1. The molecule has 160 valence electrons. The number of rotatable bonds is 7. The van der Waals surface area contributed by atoms with E-state index in [0.29, 0.717) is 31.5 Å². The lowest BCUT2D eigenvalue weighted by atomic mass is 9.97. The van der Waals surface area contributed by atoms with E-state index in [9.17, 15) is 19.1 Å². The second-order valence-electron chi connectivity index (χ2n) is 6.90. The first-order valence-electron chi connectivity index (χ1n) is 9.68. The highest BCUT2D eigenvalue weighted by atomic mass is 19.1. The van der Waals surface area contributed by atoms with Crippen LogP contribution in [0.15, 0.2) is 42.9 Å². The predicted molar refractivity (Wildman–Crippen MR) is 106 cm³/mol. The third-order valence-corrected chi connectivity index (χ3v) is 4.76. The number of urea groups is 1. The van der Waals surface area contributed by atoms with Gasteiger partial charge >= 0.3 is 6.03 Å². The number of aliphatic hydroxyl groups is 1. The van der Waals surface area contributed by atoms with Crippen LogP contribution in [0.2, 0.25) is 0 Å². The van der Waals surface area contributed by atoms with E-state index in [1.54, 1.807) is 0 Å². The van der Waals surface area contributed by atoms with Crippen molar-refractivity contribution >= 4 is 17.6 Å². The second-order valence-corrected chi connectivity index (χ2v) is 6.90. The lowest BCUT2D eigenvalue weighted by Gasteiger charge is -2.36. The zero-order valence-electron chi connectivity index (χ0n) is 16.3. The molecule has 4 N–H and O–H groups in total. The molecule has 3 rings (SSSR count). The quantitative estimate of drug-likeness (QED) is 0.541. The van der Waals surface area contributed by atoms with Gasteiger partial charge in [-0.25, -0.2) is 14.2 Å². The highest BCUT2D eigenvalue weighted by Crippen LogP contribution is 2.22. The van der Waals surface area contributed by atoms with E-state index >= 15 is 0 Å². The van der Waals surface area contributed by atoms with Crippen molar-refractivity contribution in [3.05, 3.63) is 54.4 Å². The minimum Gasteiger partial charge on any atom is -0.394 e. The molecule has 0 aliphatic carbocycles. The summed E-state index contributed by atoms with van der Waals surface area (Å²) in [6.45, 7) is 0.132. The van der Waals surface area contributed by atoms with Crippen LogP contribution in [0.1, 0.15) is 29.8 Å². The molecule has 1 aliphatic heterocycles. The Morgan fingerprint density at radius 1 is 1.20 bits per heavy atom. The Hall–Kier alpha value is -3.11. The molecular formula is C20H24FN5O4. The third kappa shape index (κ3) is 6.19. The largest absolute Gasteiger partial charge is 0.394 e. The zero-order chi connectivity index (χ0) is 21.3. The molecule has 3 amide bonds. The molecule has 9 nitrogen and oxygen atoms in total. The van der Waals surface area contributed by atoms with Gasteiger partial charge in [0.1, 0.15) is 17.6 Å². The second kappa shape index (κ2) is 10.6. The Labute approximate surface area is 173 Å². The van der Waals surface area contributed by atoms with E-state index < -0.39 is 12.1 Å². The number of anilines is 1. The molecular weight excluding hydrogens is 393 g/mol. The van der Waals surface area contributed by atoms with Crippen molar-refractivity contribution in [2.45, 2.75) is 37.5 Å². The summed E-state index contributed by atoms with van der Waals surface area (Å²) in [5, 5.41) is 17.8. The number of nitrogens with one attached hydrogen (secondary N) is 3. The fourth-order valence-electron chi connectivity index (χ4n) is 3.22. The van der Waals surface area contributed by atoms with Crippen LogP contribution in [0.5, 0.6) is 0 Å². The number of ether oxygens (including phenoxy) is 1. The van der Waals surface area contributed by atoms with E-state index in [1.165, 1.54) is 42.9 Å². The number of amides is 3. The minimum absolute atomic E-state index is 0.155. The molecule has 0 spiro atoms. The van der Waals surface area contributed by atoms with Gasteiger partial charge in [0, 0.05) is 24.6 Å². The molecule has 10 heteroatoms. The highest BCUT2D eigenvalue weighted by molar-refractivity contribution is 5.92. The first-order chi connectivity index (χ1) is 14.5. The molecule has 2 heterocycles. The number of hydrogen-bond acceptors (Lipinski definition) is 6. The van der Waals surface area contributed by atoms with Crippen molar-refractivity contribution in [2.24, 2.45) is 0 Å². The van der Waals surface area contributed by atoms with Gasteiger partial charge in [-0.2, -0.15) is 0 Å². The Morgan fingerprint density at radius 2 is 2.00 bits per heavy atom. The van der Waals surface area contributed by atoms with Gasteiger partial charge in [-0.1, -0.05) is 0 Å². The van der Waals surface area contributed by atoms with E-state index in [0.717, 1.165) is 0 Å². The van der Waals surface area contributed by atoms with Crippen LogP contribution in [0.25, 0.3) is 0 Å². The Bertz CT molecular complexity index is 837. The van der Waals surface area contributed by atoms with Crippen molar-refractivity contribution in [1.29, 1.82) is 0 Å². The molecule has 0 radical (unpaired) electrons. The van der Waals surface area contributed by atoms with Gasteiger partial charge in [0.05, 0.1) is 24.9 Å². The van der Waals surface area contributed by atoms with Crippen LogP contribution in [0.3, 0.4) is 0 Å². The summed E-state index contributed by atoms with van der Waals surface area (Å²) >= 11 is 0. The third-order valence-electron chi connectivity index (χ3n) is 4.76. The zero-order valence-corrected chi connectivity index (χ0v) is 16.3. The van der Waals surface area contributed by atoms with Crippen LogP contribution in [0.4, 0.5) is 14.9 Å². The van der Waals surface area contributed by atoms with Crippen molar-refractivity contribution in [1.82, 2.24) is 20.6 Å². The number of carbonyl (C=O) groups is 2. The van der Waals surface area contributed by atoms with Crippen LogP contribution in [0, 0.1) is 5.82 Å². The minimum atomic E-state index is -0.544. The SMILES string of the molecule is O=C(NCC[C@@H]1CC[C@H](NC(=O)c2cnccn2)[C@H](CO)O1)Nc1ccc(F)cc1. The number of halogens is 1. The Kier molecular flexibility index (Phi) is 7.63. The van der Waals surface area contributed by atoms with Crippen LogP contribution < -0.4 is 16.0 Å². The molecule has 0 unspecified atom stereocenters. The molecule has 0 bridgehead atoms. The topological polar surface area (TPSA) is 125 Å². The average Bonchev–Trinajstić information content (AvgIpc) is 2.77. The predicted octanol–water partition coefficient (Wildman–Crippen LogP) is 1.47. The molecule has 30 heavy (non-hydrogen) atoms. The van der Waals surface area contributed by atoms with Crippen molar-refractivity contribution in [3.63, 3.8) is 0 Å². The first kappa shape index (κ1) is 21.6. The lowest BCUT2D eigenvalue weighted by molar-refractivity contribution is -0.0892. The van der Waals surface area contributed by atoms with Crippen molar-refractivity contribution in [3.8, 4) is 0 Å². The Balaban J connectivity index is 1.40. The summed E-state index contributed by atoms with van der Waals surface area (Å²) in [5.41, 5.74) is 0.692. The molecule has 3 atom stereocenters. The number of benzene rings is 1. The number of carbonyl (C=O) groups excluding carboxylic acids is 2. The van der Waals surface area contributed by atoms with Gasteiger partial charge in [0.15, 0.2) is 0 Å². The van der Waals surface area contributed by atoms with Crippen molar-refractivity contribution < 1.29 is 23.8 Å². The maximum absolute atomic E-state index is 12.9. The van der Waals surface area contributed by atoms with Crippen LogP contribution in [-0.4, -0.2) is 58.4 Å². The van der Waals surface area contributed by atoms with Crippen LogP contribution in [-0.2, 0) is 4.74 Å². The fraction of sp³-hybridized carbons (Fsp3) is 0.400. The van der Waals surface area contributed by atoms with E-state index in [-0.39, 0.29) is 36.2 Å². The first-order valence-corrected chi connectivity index (χ1v) is 9.68. The molecule has 1 aromatic heterocycles. The van der Waals surface area contributed by atoms with Gasteiger partial charge in [0.2, 0.25) is 0 Å². The van der Waals surface area contributed by atoms with E-state index in [2.05, 4.69) is 25.9 Å². The summed E-state index contributed by atoms with van der Waals surface area (Å²) in [6.07, 6.45) is 5.44. The van der Waals surface area contributed by atoms with Gasteiger partial charge in [0.25, 0.3) is 5.91 Å². The normalized spacial score (nSPS) is 20.9. The number of nitrogens with zero attached hydrogens (tertiary/aromatic N) is 2. The van der Waals surface area contributed by atoms with Gasteiger partial charge < -0.3 is 25.8 Å². The van der Waals surface area contributed by atoms with E-state index in [4.69, 9.17) is 4.74 Å². The molecule has 1 aliphatic rings. The maximum Gasteiger partial charge on any atom is 0.319 e. The number of hydrogen-bond donors (Lipinski definition) is 4. The fourth-order valence-corrected chi connectivity index (χ4v) is 3.22. The summed E-state index contributed by atoms with van der Waals surface area (Å²) in [6, 6.07) is 4.74. The van der Waals surface area contributed by atoms with Gasteiger partial charge in [-0.05, 0) is 43.5 Å². The number of aliphatic hydroxyl groups excluding tert-OH is 1. The molecule has 2 aromatic rings. The van der Waals surface area contributed by atoms with Gasteiger partial charge in [-0.15, -0.1) is 0 Å². The lowest BCUT2D eigenvalue weighted by Crippen LogP contribution is -2.51. The monoisotopic (exact) mass is 417 g/mol. The van der Waals surface area contributed by atoms with Gasteiger partial charge in [-0.3, -0.25) is 9.78 Å². The van der Waals surface area contributed by atoms with E-state index in [1.807, 2.05) is 0 Å². The highest BCUT2D eigenvalue weighted by Gasteiger charge is 2.32. The molecule has 1 saturated heterocycles. The maximum atomic E-state index is 12.9. The summed E-state index contributed by atoms with van der Waals surface area (Å²) < 4.78 is 18.8. The van der Waals surface area contributed by atoms with Crippen LogP contribution >= 0.6 is 0 Å². The Morgan fingerprint density at radius 3 is 2.70 bits per heavy atom.